The van der Waals surface area contributed by atoms with Crippen LogP contribution >= 0.6 is 11.8 Å². The lowest BCUT2D eigenvalue weighted by Gasteiger charge is -2.27. The number of hydrogen-bond acceptors (Lipinski definition) is 4. The Labute approximate surface area is 205 Å². The molecule has 0 unspecified atom stereocenters. The van der Waals surface area contributed by atoms with Crippen LogP contribution in [0.15, 0.2) is 66.7 Å². The van der Waals surface area contributed by atoms with Crippen molar-refractivity contribution in [2.24, 2.45) is 0 Å². The predicted molar refractivity (Wildman–Crippen MR) is 141 cm³/mol. The first-order valence-electron chi connectivity index (χ1n) is 11.8. The molecule has 2 aliphatic rings. The topological polar surface area (TPSA) is 52.7 Å². The number of rotatable bonds is 5. The summed E-state index contributed by atoms with van der Waals surface area (Å²) in [6, 6.07) is 22.2. The summed E-state index contributed by atoms with van der Waals surface area (Å²) < 4.78 is 0. The third-order valence-corrected chi connectivity index (χ3v) is 7.58. The van der Waals surface area contributed by atoms with E-state index >= 15 is 0 Å². The van der Waals surface area contributed by atoms with Crippen molar-refractivity contribution in [3.8, 4) is 11.1 Å². The van der Waals surface area contributed by atoms with Crippen LogP contribution in [0.3, 0.4) is 0 Å². The summed E-state index contributed by atoms with van der Waals surface area (Å²) in [4.78, 5) is 29.5. The van der Waals surface area contributed by atoms with Crippen LogP contribution in [0, 0.1) is 0 Å². The second-order valence-electron chi connectivity index (χ2n) is 8.88. The number of amides is 2. The van der Waals surface area contributed by atoms with Gasteiger partial charge in [0.2, 0.25) is 5.91 Å². The number of hydrogen-bond donors (Lipinski definition) is 1. The van der Waals surface area contributed by atoms with Crippen LogP contribution in [0.5, 0.6) is 0 Å². The van der Waals surface area contributed by atoms with Gasteiger partial charge in [-0.25, -0.2) is 0 Å². The Hall–Kier alpha value is -3.09. The summed E-state index contributed by atoms with van der Waals surface area (Å²) >= 11 is 2.00. The molecule has 174 valence electrons. The molecule has 2 amide bonds. The minimum atomic E-state index is -0.139. The van der Waals surface area contributed by atoms with E-state index < -0.39 is 0 Å². The van der Waals surface area contributed by atoms with Gasteiger partial charge in [-0.15, -0.1) is 0 Å². The van der Waals surface area contributed by atoms with E-state index in [4.69, 9.17) is 0 Å². The summed E-state index contributed by atoms with van der Waals surface area (Å²) in [5.74, 6) is 2.26. The largest absolute Gasteiger partial charge is 0.322 e. The summed E-state index contributed by atoms with van der Waals surface area (Å²) in [6.07, 6.45) is 1.27. The van der Waals surface area contributed by atoms with Crippen LogP contribution in [-0.2, 0) is 17.8 Å². The second kappa shape index (κ2) is 10.0. The van der Waals surface area contributed by atoms with Crippen molar-refractivity contribution < 1.29 is 9.59 Å². The second-order valence-corrected chi connectivity index (χ2v) is 10.1. The number of aryl methyl sites for hydroxylation is 1. The van der Waals surface area contributed by atoms with Crippen molar-refractivity contribution >= 4 is 35.0 Å². The highest BCUT2D eigenvalue weighted by Gasteiger charge is 2.22. The molecule has 1 fully saturated rings. The van der Waals surface area contributed by atoms with Gasteiger partial charge >= 0.3 is 0 Å². The number of benzene rings is 3. The minimum Gasteiger partial charge on any atom is -0.322 e. The van der Waals surface area contributed by atoms with E-state index in [0.29, 0.717) is 17.7 Å². The summed E-state index contributed by atoms with van der Waals surface area (Å²) in [5.41, 5.74) is 6.85. The molecule has 0 spiro atoms. The lowest BCUT2D eigenvalue weighted by molar-refractivity contribution is -0.118. The fourth-order valence-electron chi connectivity index (χ4n) is 4.68. The van der Waals surface area contributed by atoms with Gasteiger partial charge in [-0.3, -0.25) is 14.5 Å². The number of anilines is 2. The lowest BCUT2D eigenvalue weighted by atomic mass is 9.96. The monoisotopic (exact) mass is 471 g/mol. The summed E-state index contributed by atoms with van der Waals surface area (Å²) in [6.45, 7) is 2.96. The normalized spacial score (nSPS) is 16.3. The van der Waals surface area contributed by atoms with Crippen LogP contribution in [0.25, 0.3) is 11.1 Å². The van der Waals surface area contributed by atoms with Crippen molar-refractivity contribution in [1.82, 2.24) is 4.90 Å². The zero-order valence-electron chi connectivity index (χ0n) is 19.4. The molecule has 2 heterocycles. The summed E-state index contributed by atoms with van der Waals surface area (Å²) in [5, 5.41) is 3.04. The Morgan fingerprint density at radius 3 is 2.56 bits per heavy atom. The smallest absolute Gasteiger partial charge is 0.255 e. The number of fused-ring (bicyclic) bond motifs is 1. The first-order chi connectivity index (χ1) is 16.6. The lowest BCUT2D eigenvalue weighted by Crippen LogP contribution is -2.32. The molecule has 0 radical (unpaired) electrons. The Kier molecular flexibility index (Phi) is 6.70. The zero-order chi connectivity index (χ0) is 23.5. The van der Waals surface area contributed by atoms with Crippen molar-refractivity contribution in [1.29, 1.82) is 0 Å². The molecule has 0 bridgehead atoms. The molecule has 1 N–H and O–H groups in total. The molecule has 0 atom stereocenters. The van der Waals surface area contributed by atoms with Gasteiger partial charge in [-0.1, -0.05) is 42.5 Å². The standard InChI is InChI=1S/C28H29N3O2S/c1-30-26-18-24(10-7-21(26)9-12-27(30)32)29-28(33)22-8-11-25(20-5-3-2-4-6-20)23(17-22)19-31-13-15-34-16-14-31/h2-8,10-11,17-18H,9,12-16,19H2,1H3,(H,29,33). The van der Waals surface area contributed by atoms with E-state index in [1.807, 2.05) is 48.2 Å². The van der Waals surface area contributed by atoms with E-state index in [0.717, 1.165) is 48.8 Å². The highest BCUT2D eigenvalue weighted by molar-refractivity contribution is 7.99. The number of thioether (sulfide) groups is 1. The van der Waals surface area contributed by atoms with Crippen molar-refractivity contribution in [3.05, 3.63) is 83.4 Å². The third-order valence-electron chi connectivity index (χ3n) is 6.64. The highest BCUT2D eigenvalue weighted by atomic mass is 32.2. The van der Waals surface area contributed by atoms with Crippen LogP contribution in [0.2, 0.25) is 0 Å². The molecule has 0 aromatic heterocycles. The molecule has 1 saturated heterocycles. The summed E-state index contributed by atoms with van der Waals surface area (Å²) in [7, 11) is 1.79. The first kappa shape index (κ1) is 22.7. The molecule has 5 nitrogen and oxygen atoms in total. The molecule has 3 aromatic rings. The quantitative estimate of drug-likeness (QED) is 0.565. The maximum absolute atomic E-state index is 13.2. The molecule has 3 aromatic carbocycles. The molecule has 0 aliphatic carbocycles. The van der Waals surface area contributed by atoms with E-state index in [-0.39, 0.29) is 11.8 Å². The maximum Gasteiger partial charge on any atom is 0.255 e. The maximum atomic E-state index is 13.2. The number of nitrogens with zero attached hydrogens (tertiary/aromatic N) is 2. The number of nitrogens with one attached hydrogen (secondary N) is 1. The van der Waals surface area contributed by atoms with Gasteiger partial charge in [0.1, 0.15) is 0 Å². The first-order valence-corrected chi connectivity index (χ1v) is 12.9. The van der Waals surface area contributed by atoms with Gasteiger partial charge in [0, 0.05) is 61.5 Å². The van der Waals surface area contributed by atoms with Crippen LogP contribution < -0.4 is 10.2 Å². The van der Waals surface area contributed by atoms with Gasteiger partial charge in [0.05, 0.1) is 0 Å². The third kappa shape index (κ3) is 4.88. The van der Waals surface area contributed by atoms with Gasteiger partial charge in [-0.2, -0.15) is 11.8 Å². The number of carbonyl (C=O) groups excluding carboxylic acids is 2. The van der Waals surface area contributed by atoms with Crippen molar-refractivity contribution in [2.45, 2.75) is 19.4 Å². The fraction of sp³-hybridized carbons (Fsp3) is 0.286. The van der Waals surface area contributed by atoms with E-state index in [1.54, 1.807) is 11.9 Å². The fourth-order valence-corrected chi connectivity index (χ4v) is 5.66. The Bertz CT molecular complexity index is 1210. The molecule has 6 heteroatoms. The van der Waals surface area contributed by atoms with Gasteiger partial charge in [-0.05, 0) is 52.9 Å². The number of carbonyl (C=O) groups is 2. The van der Waals surface area contributed by atoms with Gasteiger partial charge in [0.15, 0.2) is 0 Å². The zero-order valence-corrected chi connectivity index (χ0v) is 20.2. The van der Waals surface area contributed by atoms with E-state index in [2.05, 4.69) is 40.5 Å². The average Bonchev–Trinajstić information content (AvgIpc) is 2.87. The average molecular weight is 472 g/mol. The Balaban J connectivity index is 1.41. The van der Waals surface area contributed by atoms with Crippen LogP contribution in [0.4, 0.5) is 11.4 Å². The Morgan fingerprint density at radius 2 is 1.76 bits per heavy atom. The molecule has 0 saturated carbocycles. The van der Waals surface area contributed by atoms with Crippen LogP contribution in [-0.4, -0.2) is 48.4 Å². The molecule has 5 rings (SSSR count). The SMILES string of the molecule is CN1C(=O)CCc2ccc(NC(=O)c3ccc(-c4ccccc4)c(CN4CCSCC4)c3)cc21. The van der Waals surface area contributed by atoms with E-state index in [9.17, 15) is 9.59 Å². The molecular weight excluding hydrogens is 442 g/mol. The molecule has 34 heavy (non-hydrogen) atoms. The molecule has 2 aliphatic heterocycles. The van der Waals surface area contributed by atoms with Crippen molar-refractivity contribution in [3.63, 3.8) is 0 Å². The van der Waals surface area contributed by atoms with Gasteiger partial charge in [0.25, 0.3) is 5.91 Å². The van der Waals surface area contributed by atoms with Crippen molar-refractivity contribution in [2.75, 3.05) is 41.9 Å². The van der Waals surface area contributed by atoms with E-state index in [1.165, 1.54) is 16.7 Å². The highest BCUT2D eigenvalue weighted by Crippen LogP contribution is 2.31. The van der Waals surface area contributed by atoms with Gasteiger partial charge < -0.3 is 10.2 Å². The predicted octanol–water partition coefficient (Wildman–Crippen LogP) is 5.06. The minimum absolute atomic E-state index is 0.105. The Morgan fingerprint density at radius 1 is 0.971 bits per heavy atom. The van der Waals surface area contributed by atoms with Crippen LogP contribution in [0.1, 0.15) is 27.9 Å². The molecular formula is C28H29N3O2S.